The number of anilines is 1. The van der Waals surface area contributed by atoms with Crippen molar-refractivity contribution >= 4 is 45.1 Å². The Bertz CT molecular complexity index is 1390. The van der Waals surface area contributed by atoms with Crippen molar-refractivity contribution < 1.29 is 43.2 Å². The second-order valence-corrected chi connectivity index (χ2v) is 8.21. The molecule has 1 aromatic heterocycles. The van der Waals surface area contributed by atoms with E-state index in [0.29, 0.717) is 17.8 Å². The van der Waals surface area contributed by atoms with Crippen molar-refractivity contribution in [1.82, 2.24) is 4.98 Å². The predicted octanol–water partition coefficient (Wildman–Crippen LogP) is 3.41. The lowest BCUT2D eigenvalue weighted by Crippen LogP contribution is -2.13. The van der Waals surface area contributed by atoms with Crippen molar-refractivity contribution in [3.8, 4) is 5.75 Å². The topological polar surface area (TPSA) is 216 Å². The smallest absolute Gasteiger partial charge is 0.339 e. The average Bonchev–Trinajstić information content (AvgIpc) is 2.83. The van der Waals surface area contributed by atoms with Crippen LogP contribution in [0, 0.1) is 0 Å². The molecular weight excluding hydrogens is 496 g/mol. The summed E-state index contributed by atoms with van der Waals surface area (Å²) in [6.07, 6.45) is 2.59. The molecule has 3 aromatic rings. The van der Waals surface area contributed by atoms with Crippen LogP contribution in [0.3, 0.4) is 0 Å². The number of aromatic hydroxyl groups is 1. The van der Waals surface area contributed by atoms with Crippen molar-refractivity contribution in [2.45, 2.75) is 4.90 Å². The van der Waals surface area contributed by atoms with Gasteiger partial charge in [0.15, 0.2) is 0 Å². The first-order valence-corrected chi connectivity index (χ1v) is 11.1. The summed E-state index contributed by atoms with van der Waals surface area (Å²) >= 11 is 0. The maximum Gasteiger partial charge on any atom is 0.339 e. The van der Waals surface area contributed by atoms with E-state index in [-0.39, 0.29) is 27.7 Å². The van der Waals surface area contributed by atoms with Crippen LogP contribution in [0.15, 0.2) is 94.1 Å². The highest BCUT2D eigenvalue weighted by Crippen LogP contribution is 2.26. The van der Waals surface area contributed by atoms with Crippen molar-refractivity contribution in [3.05, 3.63) is 84.6 Å². The lowest BCUT2D eigenvalue weighted by atomic mass is 10.2. The van der Waals surface area contributed by atoms with Crippen molar-refractivity contribution in [1.29, 1.82) is 0 Å². The molecule has 14 heteroatoms. The first-order valence-electron chi connectivity index (χ1n) is 9.64. The van der Waals surface area contributed by atoms with E-state index in [1.54, 1.807) is 12.1 Å². The fraction of sp³-hybridized carbons (Fsp3) is 0. The van der Waals surface area contributed by atoms with Gasteiger partial charge in [0.1, 0.15) is 17.1 Å². The van der Waals surface area contributed by atoms with Gasteiger partial charge in [-0.2, -0.15) is 10.2 Å². The summed E-state index contributed by atoms with van der Waals surface area (Å²) in [4.78, 5) is 34.1. The molecule has 0 aliphatic heterocycles. The number of carbonyl (C=O) groups is 3. The summed E-state index contributed by atoms with van der Waals surface area (Å²) in [5.74, 6) is -3.97. The number of hydrogen-bond donors (Lipinski definition) is 5. The molecule has 13 nitrogen and oxygen atoms in total. The van der Waals surface area contributed by atoms with E-state index in [1.165, 1.54) is 54.7 Å². The fourth-order valence-electron chi connectivity index (χ4n) is 2.33. The Hall–Kier alpha value is -5.11. The molecule has 0 aliphatic rings. The Balaban J connectivity index is 0.000000493. The molecule has 0 amide bonds. The Morgan fingerprint density at radius 3 is 1.94 bits per heavy atom. The molecule has 0 saturated heterocycles. The van der Waals surface area contributed by atoms with Crippen LogP contribution >= 0.6 is 0 Å². The Kier molecular flexibility index (Phi) is 9.33. The maximum absolute atomic E-state index is 12.3. The zero-order valence-electron chi connectivity index (χ0n) is 18.1. The standard InChI is InChI=1S/C18H14N4O5S.C4H4O4/c23-16-9-6-13(11-15(16)18(24)25)21-20-12-4-7-14(8-5-12)28(26,27)22-17-3-1-2-10-19-17;5-3(6)1-2-4(7)8/h1-11,23H,(H,19,22)(H,24,25);1-2H,(H,5,6)(H,7,8)/b;2-1+. The lowest BCUT2D eigenvalue weighted by molar-refractivity contribution is -0.134. The monoisotopic (exact) mass is 514 g/mol. The van der Waals surface area contributed by atoms with E-state index in [2.05, 4.69) is 19.9 Å². The average molecular weight is 514 g/mol. The number of aromatic carboxylic acids is 1. The van der Waals surface area contributed by atoms with Crippen LogP contribution in [0.4, 0.5) is 17.2 Å². The molecule has 0 radical (unpaired) electrons. The summed E-state index contributed by atoms with van der Waals surface area (Å²) in [6, 6.07) is 14.3. The van der Waals surface area contributed by atoms with Gasteiger partial charge < -0.3 is 20.4 Å². The Labute approximate surface area is 203 Å². The van der Waals surface area contributed by atoms with E-state index in [0.717, 1.165) is 0 Å². The van der Waals surface area contributed by atoms with Crippen molar-refractivity contribution in [2.75, 3.05) is 4.72 Å². The van der Waals surface area contributed by atoms with Gasteiger partial charge in [-0.15, -0.1) is 0 Å². The lowest BCUT2D eigenvalue weighted by Gasteiger charge is -2.07. The van der Waals surface area contributed by atoms with E-state index in [4.69, 9.17) is 15.3 Å². The first-order chi connectivity index (χ1) is 17.0. The molecule has 186 valence electrons. The van der Waals surface area contributed by atoms with Gasteiger partial charge in [0.2, 0.25) is 0 Å². The van der Waals surface area contributed by atoms with Crippen molar-refractivity contribution in [2.24, 2.45) is 10.2 Å². The predicted molar refractivity (Wildman–Crippen MR) is 125 cm³/mol. The maximum atomic E-state index is 12.3. The minimum Gasteiger partial charge on any atom is -0.507 e. The zero-order valence-corrected chi connectivity index (χ0v) is 18.9. The first kappa shape index (κ1) is 27.1. The molecule has 0 bridgehead atoms. The minimum atomic E-state index is -3.79. The third-order valence-corrected chi connectivity index (χ3v) is 5.28. The zero-order chi connectivity index (χ0) is 26.7. The highest BCUT2D eigenvalue weighted by atomic mass is 32.2. The van der Waals surface area contributed by atoms with Crippen LogP contribution < -0.4 is 4.72 Å². The largest absolute Gasteiger partial charge is 0.507 e. The number of aliphatic carboxylic acids is 2. The van der Waals surface area contributed by atoms with Gasteiger partial charge in [-0.1, -0.05) is 6.07 Å². The van der Waals surface area contributed by atoms with E-state index in [9.17, 15) is 27.9 Å². The number of nitrogens with zero attached hydrogens (tertiary/aromatic N) is 3. The molecule has 0 unspecified atom stereocenters. The molecule has 1 heterocycles. The van der Waals surface area contributed by atoms with Crippen molar-refractivity contribution in [3.63, 3.8) is 0 Å². The summed E-state index contributed by atoms with van der Waals surface area (Å²) in [5.41, 5.74) is 0.295. The molecule has 3 rings (SSSR count). The van der Waals surface area contributed by atoms with E-state index >= 15 is 0 Å². The summed E-state index contributed by atoms with van der Waals surface area (Å²) in [7, 11) is -3.79. The van der Waals surface area contributed by atoms with Gasteiger partial charge in [0, 0.05) is 18.3 Å². The quantitative estimate of drug-likeness (QED) is 0.218. The normalized spacial score (nSPS) is 11.0. The van der Waals surface area contributed by atoms with Gasteiger partial charge >= 0.3 is 17.9 Å². The number of nitrogens with one attached hydrogen (secondary N) is 1. The number of benzene rings is 2. The van der Waals surface area contributed by atoms with Crippen LogP contribution in [0.1, 0.15) is 10.4 Å². The van der Waals surface area contributed by atoms with E-state index in [1.807, 2.05) is 0 Å². The highest BCUT2D eigenvalue weighted by Gasteiger charge is 2.14. The van der Waals surface area contributed by atoms with Crippen LogP contribution in [-0.2, 0) is 19.6 Å². The molecule has 0 saturated carbocycles. The summed E-state index contributed by atoms with van der Waals surface area (Å²) < 4.78 is 27.0. The highest BCUT2D eigenvalue weighted by molar-refractivity contribution is 7.92. The van der Waals surface area contributed by atoms with Gasteiger partial charge in [-0.3, -0.25) is 4.72 Å². The van der Waals surface area contributed by atoms with Crippen LogP contribution in [0.5, 0.6) is 5.75 Å². The molecule has 0 aliphatic carbocycles. The second kappa shape index (κ2) is 12.4. The van der Waals surface area contributed by atoms with Crippen LogP contribution in [0.2, 0.25) is 0 Å². The number of carboxylic acids is 3. The fourth-order valence-corrected chi connectivity index (χ4v) is 3.34. The SMILES string of the molecule is O=C(O)/C=C/C(=O)O.O=C(O)c1cc(N=Nc2ccc(S(=O)(=O)Nc3ccccn3)cc2)ccc1O. The number of rotatable bonds is 8. The molecule has 5 N–H and O–H groups in total. The summed E-state index contributed by atoms with van der Waals surface area (Å²) in [5, 5.41) is 41.9. The molecule has 0 spiro atoms. The Morgan fingerprint density at radius 1 is 0.833 bits per heavy atom. The summed E-state index contributed by atoms with van der Waals surface area (Å²) in [6.45, 7) is 0. The Morgan fingerprint density at radius 2 is 1.42 bits per heavy atom. The number of sulfonamides is 1. The molecule has 36 heavy (non-hydrogen) atoms. The number of hydrogen-bond acceptors (Lipinski definition) is 9. The molecule has 2 aromatic carbocycles. The third kappa shape index (κ3) is 8.68. The van der Waals surface area contributed by atoms with Crippen LogP contribution in [-0.4, -0.2) is 51.7 Å². The van der Waals surface area contributed by atoms with Gasteiger partial charge in [-0.25, -0.2) is 27.8 Å². The van der Waals surface area contributed by atoms with Gasteiger partial charge in [-0.05, 0) is 54.6 Å². The van der Waals surface area contributed by atoms with Crippen LogP contribution in [0.25, 0.3) is 0 Å². The number of carboxylic acid groups (broad SMARTS) is 3. The third-order valence-electron chi connectivity index (χ3n) is 3.91. The molecular formula is C22H18N4O9S. The van der Waals surface area contributed by atoms with Gasteiger partial charge in [0.05, 0.1) is 16.3 Å². The van der Waals surface area contributed by atoms with Gasteiger partial charge in [0.25, 0.3) is 10.0 Å². The molecule has 0 atom stereocenters. The minimum absolute atomic E-state index is 0.0231. The molecule has 0 fully saturated rings. The second-order valence-electron chi connectivity index (χ2n) is 6.53. The number of azo groups is 1. The number of aromatic nitrogens is 1. The number of phenols is 1. The van der Waals surface area contributed by atoms with E-state index < -0.39 is 27.9 Å². The number of pyridine rings is 1.